The number of piperidine rings is 1. The first kappa shape index (κ1) is 13.2. The molecule has 1 aliphatic heterocycles. The van der Waals surface area contributed by atoms with E-state index in [0.717, 1.165) is 12.8 Å². The van der Waals surface area contributed by atoms with E-state index in [0.29, 0.717) is 29.4 Å². The van der Waals surface area contributed by atoms with Crippen molar-refractivity contribution in [3.05, 3.63) is 28.8 Å². The second-order valence-corrected chi connectivity index (χ2v) is 5.03. The van der Waals surface area contributed by atoms with Gasteiger partial charge in [-0.25, -0.2) is 0 Å². The van der Waals surface area contributed by atoms with Crippen LogP contribution in [0.1, 0.15) is 23.2 Å². The summed E-state index contributed by atoms with van der Waals surface area (Å²) in [5, 5.41) is 9.49. The van der Waals surface area contributed by atoms with Crippen LogP contribution in [0.2, 0.25) is 5.02 Å². The van der Waals surface area contributed by atoms with Crippen molar-refractivity contribution in [2.75, 3.05) is 25.4 Å². The van der Waals surface area contributed by atoms with Crippen molar-refractivity contribution >= 4 is 23.2 Å². The number of likely N-dealkylation sites (tertiary alicyclic amines) is 1. The number of aliphatic hydroxyl groups is 1. The molecular weight excluding hydrogens is 252 g/mol. The van der Waals surface area contributed by atoms with E-state index in [1.165, 1.54) is 0 Å². The molecule has 1 atom stereocenters. The molecule has 1 unspecified atom stereocenters. The Kier molecular flexibility index (Phi) is 4.09. The maximum Gasteiger partial charge on any atom is 0.255 e. The number of nitrogens with zero attached hydrogens (tertiary/aromatic N) is 1. The van der Waals surface area contributed by atoms with Crippen LogP contribution in [0.15, 0.2) is 18.2 Å². The van der Waals surface area contributed by atoms with Gasteiger partial charge in [0.2, 0.25) is 0 Å². The van der Waals surface area contributed by atoms with E-state index in [4.69, 9.17) is 17.3 Å². The fraction of sp³-hybridized carbons (Fsp3) is 0.462. The van der Waals surface area contributed by atoms with Gasteiger partial charge < -0.3 is 15.7 Å². The van der Waals surface area contributed by atoms with Crippen molar-refractivity contribution < 1.29 is 9.90 Å². The molecule has 1 saturated heterocycles. The molecule has 1 heterocycles. The molecule has 0 aromatic heterocycles. The molecule has 0 saturated carbocycles. The molecular formula is C13H17ClN2O2. The molecule has 4 nitrogen and oxygen atoms in total. The fourth-order valence-electron chi connectivity index (χ4n) is 2.28. The summed E-state index contributed by atoms with van der Waals surface area (Å²) in [4.78, 5) is 14.1. The SMILES string of the molecule is Nc1cccc(C(=O)N2CCCC(CO)C2)c1Cl. The average Bonchev–Trinajstić information content (AvgIpc) is 2.41. The van der Waals surface area contributed by atoms with Crippen LogP contribution in [0.3, 0.4) is 0 Å². The number of amides is 1. The van der Waals surface area contributed by atoms with E-state index in [1.54, 1.807) is 23.1 Å². The highest BCUT2D eigenvalue weighted by molar-refractivity contribution is 6.36. The highest BCUT2D eigenvalue weighted by Gasteiger charge is 2.25. The first-order chi connectivity index (χ1) is 8.63. The number of nitrogen functional groups attached to an aromatic ring is 1. The molecule has 1 amide bonds. The van der Waals surface area contributed by atoms with Gasteiger partial charge in [0.15, 0.2) is 0 Å². The molecule has 18 heavy (non-hydrogen) atoms. The molecule has 0 spiro atoms. The monoisotopic (exact) mass is 268 g/mol. The van der Waals surface area contributed by atoms with Crippen LogP contribution in [0, 0.1) is 5.92 Å². The van der Waals surface area contributed by atoms with Crippen molar-refractivity contribution in [1.82, 2.24) is 4.90 Å². The number of aliphatic hydroxyl groups excluding tert-OH is 1. The Morgan fingerprint density at radius 1 is 1.56 bits per heavy atom. The van der Waals surface area contributed by atoms with Crippen LogP contribution in [-0.2, 0) is 0 Å². The number of rotatable bonds is 2. The van der Waals surface area contributed by atoms with E-state index in [1.807, 2.05) is 0 Å². The summed E-state index contributed by atoms with van der Waals surface area (Å²) in [6.07, 6.45) is 1.88. The highest BCUT2D eigenvalue weighted by atomic mass is 35.5. The molecule has 98 valence electrons. The molecule has 2 rings (SSSR count). The third kappa shape index (κ3) is 2.60. The lowest BCUT2D eigenvalue weighted by Crippen LogP contribution is -2.41. The average molecular weight is 269 g/mol. The van der Waals surface area contributed by atoms with Gasteiger partial charge in [-0.15, -0.1) is 0 Å². The summed E-state index contributed by atoms with van der Waals surface area (Å²) in [6, 6.07) is 5.08. The third-order valence-corrected chi connectivity index (χ3v) is 3.75. The largest absolute Gasteiger partial charge is 0.398 e. The summed E-state index contributed by atoms with van der Waals surface area (Å²) in [5.74, 6) is 0.0629. The second kappa shape index (κ2) is 5.59. The lowest BCUT2D eigenvalue weighted by molar-refractivity contribution is 0.0621. The van der Waals surface area contributed by atoms with Gasteiger partial charge in [0.1, 0.15) is 0 Å². The van der Waals surface area contributed by atoms with Crippen molar-refractivity contribution in [2.24, 2.45) is 5.92 Å². The first-order valence-corrected chi connectivity index (χ1v) is 6.45. The molecule has 0 radical (unpaired) electrons. The number of nitrogens with two attached hydrogens (primary N) is 1. The van der Waals surface area contributed by atoms with Crippen LogP contribution >= 0.6 is 11.6 Å². The fourth-order valence-corrected chi connectivity index (χ4v) is 2.49. The molecule has 3 N–H and O–H groups in total. The van der Waals surface area contributed by atoms with E-state index >= 15 is 0 Å². The van der Waals surface area contributed by atoms with Crippen LogP contribution in [0.25, 0.3) is 0 Å². The minimum atomic E-state index is -0.106. The number of anilines is 1. The molecule has 0 bridgehead atoms. The Bertz CT molecular complexity index is 451. The standard InChI is InChI=1S/C13H17ClN2O2/c14-12-10(4-1-5-11(12)15)13(18)16-6-2-3-9(7-16)8-17/h1,4-5,9,17H,2-3,6-8,15H2. The van der Waals surface area contributed by atoms with Crippen molar-refractivity contribution in [2.45, 2.75) is 12.8 Å². The maximum absolute atomic E-state index is 12.3. The van der Waals surface area contributed by atoms with E-state index in [2.05, 4.69) is 0 Å². The Balaban J connectivity index is 2.18. The normalized spacial score (nSPS) is 19.9. The van der Waals surface area contributed by atoms with Crippen molar-refractivity contribution in [3.63, 3.8) is 0 Å². The molecule has 1 aromatic rings. The van der Waals surface area contributed by atoms with Gasteiger partial charge in [0, 0.05) is 19.7 Å². The van der Waals surface area contributed by atoms with Gasteiger partial charge in [0.25, 0.3) is 5.91 Å². The zero-order valence-electron chi connectivity index (χ0n) is 10.1. The minimum absolute atomic E-state index is 0.106. The summed E-state index contributed by atoms with van der Waals surface area (Å²) >= 11 is 6.06. The van der Waals surface area contributed by atoms with Gasteiger partial charge in [0.05, 0.1) is 16.3 Å². The van der Waals surface area contributed by atoms with Gasteiger partial charge in [-0.3, -0.25) is 4.79 Å². The van der Waals surface area contributed by atoms with Gasteiger partial charge in [-0.2, -0.15) is 0 Å². The minimum Gasteiger partial charge on any atom is -0.398 e. The van der Waals surface area contributed by atoms with Crippen molar-refractivity contribution in [3.8, 4) is 0 Å². The van der Waals surface area contributed by atoms with Crippen molar-refractivity contribution in [1.29, 1.82) is 0 Å². The van der Waals surface area contributed by atoms with E-state index < -0.39 is 0 Å². The Morgan fingerprint density at radius 2 is 2.33 bits per heavy atom. The number of carbonyl (C=O) groups excluding carboxylic acids is 1. The third-order valence-electron chi connectivity index (χ3n) is 3.32. The van der Waals surface area contributed by atoms with Crippen LogP contribution < -0.4 is 5.73 Å². The lowest BCUT2D eigenvalue weighted by Gasteiger charge is -2.32. The Morgan fingerprint density at radius 3 is 3.06 bits per heavy atom. The van der Waals surface area contributed by atoms with Gasteiger partial charge in [-0.05, 0) is 30.9 Å². The first-order valence-electron chi connectivity index (χ1n) is 6.07. The molecule has 1 aliphatic rings. The van der Waals surface area contributed by atoms with E-state index in [9.17, 15) is 9.90 Å². The summed E-state index contributed by atoms with van der Waals surface area (Å²) in [5.41, 5.74) is 6.55. The van der Waals surface area contributed by atoms with Crippen LogP contribution in [0.5, 0.6) is 0 Å². The molecule has 0 aliphatic carbocycles. The smallest absolute Gasteiger partial charge is 0.255 e. The lowest BCUT2D eigenvalue weighted by atomic mass is 9.98. The number of carbonyl (C=O) groups is 1. The summed E-state index contributed by atoms with van der Waals surface area (Å²) < 4.78 is 0. The van der Waals surface area contributed by atoms with Gasteiger partial charge in [-0.1, -0.05) is 17.7 Å². The van der Waals surface area contributed by atoms with Crippen LogP contribution in [0.4, 0.5) is 5.69 Å². The van der Waals surface area contributed by atoms with Gasteiger partial charge >= 0.3 is 0 Å². The summed E-state index contributed by atoms with van der Waals surface area (Å²) in [7, 11) is 0. The quantitative estimate of drug-likeness (QED) is 0.804. The van der Waals surface area contributed by atoms with Crippen LogP contribution in [-0.4, -0.2) is 35.6 Å². The number of halogens is 1. The Labute approximate surface area is 111 Å². The zero-order valence-corrected chi connectivity index (χ0v) is 10.9. The zero-order chi connectivity index (χ0) is 13.1. The predicted octanol–water partition coefficient (Wildman–Crippen LogP) is 1.77. The number of benzene rings is 1. The topological polar surface area (TPSA) is 66.6 Å². The molecule has 1 fully saturated rings. The van der Waals surface area contributed by atoms with E-state index in [-0.39, 0.29) is 18.4 Å². The maximum atomic E-state index is 12.3. The molecule has 5 heteroatoms. The number of hydrogen-bond donors (Lipinski definition) is 2. The highest BCUT2D eigenvalue weighted by Crippen LogP contribution is 2.26. The molecule has 1 aromatic carbocycles. The predicted molar refractivity (Wildman–Crippen MR) is 71.6 cm³/mol. The second-order valence-electron chi connectivity index (χ2n) is 4.65. The number of hydrogen-bond acceptors (Lipinski definition) is 3. The Hall–Kier alpha value is -1.26. The summed E-state index contributed by atoms with van der Waals surface area (Å²) in [6.45, 7) is 1.41.